The van der Waals surface area contributed by atoms with Gasteiger partial charge in [-0.25, -0.2) is 9.97 Å². The lowest BCUT2D eigenvalue weighted by Gasteiger charge is -2.16. The predicted molar refractivity (Wildman–Crippen MR) is 84.6 cm³/mol. The van der Waals surface area contributed by atoms with E-state index >= 15 is 0 Å². The fraction of sp³-hybridized carbons (Fsp3) is 0.412. The standard InChI is InChI=1S/C17H23N3O/c1-13-4-6-14(7-5-13)8-9-15(18-2)10-16-11-17(21-3)20-12-19-16/h4-7,11-12,15,18H,8-10H2,1-3H3. The summed E-state index contributed by atoms with van der Waals surface area (Å²) >= 11 is 0. The lowest BCUT2D eigenvalue weighted by molar-refractivity contribution is 0.395. The Balaban J connectivity index is 1.91. The number of nitrogens with zero attached hydrogens (tertiary/aromatic N) is 2. The van der Waals surface area contributed by atoms with Gasteiger partial charge in [-0.3, -0.25) is 0 Å². The van der Waals surface area contributed by atoms with E-state index in [1.165, 1.54) is 11.1 Å². The highest BCUT2D eigenvalue weighted by molar-refractivity contribution is 5.21. The van der Waals surface area contributed by atoms with Gasteiger partial charge >= 0.3 is 0 Å². The maximum absolute atomic E-state index is 5.14. The highest BCUT2D eigenvalue weighted by atomic mass is 16.5. The van der Waals surface area contributed by atoms with Gasteiger partial charge in [0.2, 0.25) is 5.88 Å². The van der Waals surface area contributed by atoms with E-state index in [-0.39, 0.29) is 0 Å². The summed E-state index contributed by atoms with van der Waals surface area (Å²) in [7, 11) is 3.62. The first kappa shape index (κ1) is 15.4. The first-order valence-corrected chi connectivity index (χ1v) is 7.29. The summed E-state index contributed by atoms with van der Waals surface area (Å²) in [6, 6.07) is 11.0. The second kappa shape index (κ2) is 7.74. The third kappa shape index (κ3) is 4.83. The van der Waals surface area contributed by atoms with E-state index in [9.17, 15) is 0 Å². The van der Waals surface area contributed by atoms with Crippen molar-refractivity contribution in [1.29, 1.82) is 0 Å². The second-order valence-corrected chi connectivity index (χ2v) is 5.27. The molecule has 1 N–H and O–H groups in total. The summed E-state index contributed by atoms with van der Waals surface area (Å²) in [5, 5.41) is 3.37. The monoisotopic (exact) mass is 285 g/mol. The van der Waals surface area contributed by atoms with Crippen molar-refractivity contribution in [2.45, 2.75) is 32.2 Å². The first-order chi connectivity index (χ1) is 10.2. The molecule has 0 bridgehead atoms. The molecule has 1 atom stereocenters. The second-order valence-electron chi connectivity index (χ2n) is 5.27. The van der Waals surface area contributed by atoms with E-state index in [0.717, 1.165) is 25.0 Å². The van der Waals surface area contributed by atoms with Crippen LogP contribution in [0.4, 0.5) is 0 Å². The fourth-order valence-electron chi connectivity index (χ4n) is 2.30. The summed E-state index contributed by atoms with van der Waals surface area (Å²) in [5.74, 6) is 0.619. The van der Waals surface area contributed by atoms with Crippen LogP contribution in [0.25, 0.3) is 0 Å². The van der Waals surface area contributed by atoms with Gasteiger partial charge in [0.05, 0.1) is 7.11 Å². The number of rotatable bonds is 7. The van der Waals surface area contributed by atoms with E-state index in [2.05, 4.69) is 46.5 Å². The van der Waals surface area contributed by atoms with E-state index in [4.69, 9.17) is 4.74 Å². The Morgan fingerprint density at radius 2 is 1.95 bits per heavy atom. The lowest BCUT2D eigenvalue weighted by atomic mass is 10.0. The fourth-order valence-corrected chi connectivity index (χ4v) is 2.30. The molecule has 2 aromatic rings. The average Bonchev–Trinajstić information content (AvgIpc) is 2.53. The van der Waals surface area contributed by atoms with Crippen molar-refractivity contribution >= 4 is 0 Å². The molecule has 0 aliphatic heterocycles. The van der Waals surface area contributed by atoms with Crippen molar-refractivity contribution in [3.8, 4) is 5.88 Å². The number of hydrogen-bond acceptors (Lipinski definition) is 4. The molecule has 0 aliphatic carbocycles. The minimum absolute atomic E-state index is 0.394. The van der Waals surface area contributed by atoms with Crippen molar-refractivity contribution in [1.82, 2.24) is 15.3 Å². The minimum Gasteiger partial charge on any atom is -0.481 e. The van der Waals surface area contributed by atoms with E-state index < -0.39 is 0 Å². The topological polar surface area (TPSA) is 47.0 Å². The van der Waals surface area contributed by atoms with Crippen LogP contribution in [0.5, 0.6) is 5.88 Å². The molecule has 2 rings (SSSR count). The average molecular weight is 285 g/mol. The molecule has 112 valence electrons. The van der Waals surface area contributed by atoms with Crippen LogP contribution in [0.1, 0.15) is 23.2 Å². The Hall–Kier alpha value is -1.94. The number of likely N-dealkylation sites (N-methyl/N-ethyl adjacent to an activating group) is 1. The Labute approximate surface area is 126 Å². The van der Waals surface area contributed by atoms with Crippen molar-refractivity contribution in [2.75, 3.05) is 14.2 Å². The quantitative estimate of drug-likeness (QED) is 0.849. The van der Waals surface area contributed by atoms with Crippen LogP contribution in [-0.4, -0.2) is 30.2 Å². The number of aromatic nitrogens is 2. The Bertz CT molecular complexity index is 554. The number of hydrogen-bond donors (Lipinski definition) is 1. The zero-order chi connectivity index (χ0) is 15.1. The Morgan fingerprint density at radius 3 is 2.62 bits per heavy atom. The molecule has 4 heteroatoms. The van der Waals surface area contributed by atoms with Crippen LogP contribution in [0, 0.1) is 6.92 Å². The molecule has 1 aromatic carbocycles. The smallest absolute Gasteiger partial charge is 0.216 e. The summed E-state index contributed by atoms with van der Waals surface area (Å²) < 4.78 is 5.14. The molecule has 0 spiro atoms. The summed E-state index contributed by atoms with van der Waals surface area (Å²) in [5.41, 5.74) is 3.68. The highest BCUT2D eigenvalue weighted by Crippen LogP contribution is 2.12. The SMILES string of the molecule is CNC(CCc1ccc(C)cc1)Cc1cc(OC)ncn1. The van der Waals surface area contributed by atoms with E-state index in [1.807, 2.05) is 13.1 Å². The Kier molecular flexibility index (Phi) is 5.69. The van der Waals surface area contributed by atoms with Crippen molar-refractivity contribution in [3.05, 3.63) is 53.5 Å². The highest BCUT2D eigenvalue weighted by Gasteiger charge is 2.09. The predicted octanol–water partition coefficient (Wildman–Crippen LogP) is 2.56. The van der Waals surface area contributed by atoms with Gasteiger partial charge in [0.25, 0.3) is 0 Å². The number of ether oxygens (including phenoxy) is 1. The molecule has 0 saturated heterocycles. The lowest BCUT2D eigenvalue weighted by Crippen LogP contribution is -2.28. The number of benzene rings is 1. The van der Waals surface area contributed by atoms with E-state index in [1.54, 1.807) is 13.4 Å². The third-order valence-corrected chi connectivity index (χ3v) is 3.67. The van der Waals surface area contributed by atoms with Crippen LogP contribution < -0.4 is 10.1 Å². The zero-order valence-corrected chi connectivity index (χ0v) is 13.0. The van der Waals surface area contributed by atoms with Gasteiger partial charge < -0.3 is 10.1 Å². The molecular weight excluding hydrogens is 262 g/mol. The molecule has 0 aliphatic rings. The summed E-state index contributed by atoms with van der Waals surface area (Å²) in [6.45, 7) is 2.11. The molecule has 21 heavy (non-hydrogen) atoms. The summed E-state index contributed by atoms with van der Waals surface area (Å²) in [6.07, 6.45) is 4.57. The number of methoxy groups -OCH3 is 1. The van der Waals surface area contributed by atoms with Gasteiger partial charge in [0, 0.05) is 24.2 Å². The molecule has 1 unspecified atom stereocenters. The molecule has 4 nitrogen and oxygen atoms in total. The molecule has 0 saturated carbocycles. The van der Waals surface area contributed by atoms with Gasteiger partial charge in [0.15, 0.2) is 0 Å². The molecule has 0 amide bonds. The molecular formula is C17H23N3O. The van der Waals surface area contributed by atoms with E-state index in [0.29, 0.717) is 11.9 Å². The van der Waals surface area contributed by atoms with Crippen LogP contribution in [0.2, 0.25) is 0 Å². The first-order valence-electron chi connectivity index (χ1n) is 7.29. The van der Waals surface area contributed by atoms with Crippen LogP contribution in [-0.2, 0) is 12.8 Å². The van der Waals surface area contributed by atoms with Crippen molar-refractivity contribution < 1.29 is 4.74 Å². The van der Waals surface area contributed by atoms with Crippen LogP contribution in [0.3, 0.4) is 0 Å². The zero-order valence-electron chi connectivity index (χ0n) is 13.0. The molecule has 0 fully saturated rings. The summed E-state index contributed by atoms with van der Waals surface area (Å²) in [4.78, 5) is 8.35. The number of aryl methyl sites for hydroxylation is 2. The van der Waals surface area contributed by atoms with Crippen LogP contribution in [0.15, 0.2) is 36.7 Å². The van der Waals surface area contributed by atoms with Crippen LogP contribution >= 0.6 is 0 Å². The largest absolute Gasteiger partial charge is 0.481 e. The normalized spacial score (nSPS) is 12.1. The maximum atomic E-state index is 5.14. The van der Waals surface area contributed by atoms with Crippen molar-refractivity contribution in [3.63, 3.8) is 0 Å². The maximum Gasteiger partial charge on any atom is 0.216 e. The van der Waals surface area contributed by atoms with Gasteiger partial charge in [-0.05, 0) is 32.4 Å². The number of nitrogens with one attached hydrogen (secondary N) is 1. The Morgan fingerprint density at radius 1 is 1.19 bits per heavy atom. The minimum atomic E-state index is 0.394. The van der Waals surface area contributed by atoms with Crippen molar-refractivity contribution in [2.24, 2.45) is 0 Å². The van der Waals surface area contributed by atoms with Gasteiger partial charge in [0.1, 0.15) is 6.33 Å². The molecule has 1 aromatic heterocycles. The third-order valence-electron chi connectivity index (χ3n) is 3.67. The van der Waals surface area contributed by atoms with Gasteiger partial charge in [-0.1, -0.05) is 29.8 Å². The van der Waals surface area contributed by atoms with Gasteiger partial charge in [-0.2, -0.15) is 0 Å². The molecule has 1 heterocycles. The molecule has 0 radical (unpaired) electrons. The van der Waals surface area contributed by atoms with Gasteiger partial charge in [-0.15, -0.1) is 0 Å².